The number of hydrogen-bond donors (Lipinski definition) is 1. The maximum atomic E-state index is 11.4. The fraction of sp³-hybridized carbons (Fsp3) is 0.300. The number of oxazole rings is 1. The van der Waals surface area contributed by atoms with E-state index in [1.807, 2.05) is 0 Å². The van der Waals surface area contributed by atoms with Crippen molar-refractivity contribution in [1.29, 1.82) is 0 Å². The van der Waals surface area contributed by atoms with Gasteiger partial charge in [-0.3, -0.25) is 0 Å². The van der Waals surface area contributed by atoms with Gasteiger partial charge in [-0.25, -0.2) is 9.36 Å². The molecule has 0 aliphatic heterocycles. The molecule has 80 valence electrons. The molecule has 15 heavy (non-hydrogen) atoms. The average molecular weight is 209 g/mol. The largest absolute Gasteiger partial charge is 0.421 e. The van der Waals surface area contributed by atoms with E-state index in [1.165, 1.54) is 11.7 Å². The highest BCUT2D eigenvalue weighted by atomic mass is 16.5. The lowest BCUT2D eigenvalue weighted by molar-refractivity contribution is 0.128. The van der Waals surface area contributed by atoms with Crippen LogP contribution in [0.4, 0.5) is 0 Å². The Morgan fingerprint density at radius 3 is 3.00 bits per heavy atom. The van der Waals surface area contributed by atoms with Crippen LogP contribution in [0.3, 0.4) is 0 Å². The molecule has 0 spiro atoms. The average Bonchev–Trinajstić information content (AvgIpc) is 2.55. The zero-order chi connectivity index (χ0) is 10.8. The van der Waals surface area contributed by atoms with Crippen molar-refractivity contribution in [2.75, 3.05) is 7.11 Å². The molecule has 2 rings (SSSR count). The minimum Gasteiger partial charge on any atom is -0.408 e. The van der Waals surface area contributed by atoms with E-state index < -0.39 is 5.76 Å². The number of nitrogens with zero attached hydrogens (tertiary/aromatic N) is 1. The highest BCUT2D eigenvalue weighted by molar-refractivity contribution is 5.73. The monoisotopic (exact) mass is 209 g/mol. The maximum Gasteiger partial charge on any atom is 0.421 e. The summed E-state index contributed by atoms with van der Waals surface area (Å²) in [5.41, 5.74) is 1.84. The molecule has 5 heteroatoms. The molecule has 5 nitrogen and oxygen atoms in total. The molecule has 0 aliphatic rings. The van der Waals surface area contributed by atoms with Gasteiger partial charge in [0, 0.05) is 7.11 Å². The Morgan fingerprint density at radius 1 is 1.53 bits per heavy atom. The third-order valence-corrected chi connectivity index (χ3v) is 2.17. The summed E-state index contributed by atoms with van der Waals surface area (Å²) in [5.74, 6) is -0.457. The summed E-state index contributed by atoms with van der Waals surface area (Å²) in [6.45, 7) is 0.0828. The number of methoxy groups -OCH3 is 1. The van der Waals surface area contributed by atoms with E-state index in [4.69, 9.17) is 14.3 Å². The van der Waals surface area contributed by atoms with Crippen LogP contribution in [0.1, 0.15) is 5.56 Å². The molecule has 0 saturated heterocycles. The Balaban J connectivity index is 2.63. The van der Waals surface area contributed by atoms with Crippen LogP contribution >= 0.6 is 0 Å². The van der Waals surface area contributed by atoms with Crippen LogP contribution < -0.4 is 5.76 Å². The molecule has 1 aromatic heterocycles. The van der Waals surface area contributed by atoms with E-state index in [0.29, 0.717) is 16.7 Å². The summed E-state index contributed by atoms with van der Waals surface area (Å²) in [7, 11) is 1.51. The molecule has 2 aromatic rings. The van der Waals surface area contributed by atoms with E-state index >= 15 is 0 Å². The van der Waals surface area contributed by atoms with Crippen LogP contribution in [0.5, 0.6) is 0 Å². The molecule has 1 N–H and O–H groups in total. The molecule has 0 amide bonds. The van der Waals surface area contributed by atoms with Gasteiger partial charge in [0.15, 0.2) is 5.58 Å². The Bertz CT molecular complexity index is 526. The smallest absolute Gasteiger partial charge is 0.408 e. The Labute approximate surface area is 85.5 Å². The standard InChI is InChI=1S/C10H11NO4/c1-14-6-11-8-3-2-7(5-12)4-9(8)15-10(11)13/h2-4,12H,5-6H2,1H3. The Kier molecular flexibility index (Phi) is 2.57. The number of aliphatic hydroxyl groups excluding tert-OH is 1. The molecular weight excluding hydrogens is 198 g/mol. The van der Waals surface area contributed by atoms with Gasteiger partial charge in [0.1, 0.15) is 6.73 Å². The van der Waals surface area contributed by atoms with Crippen LogP contribution in [0.2, 0.25) is 0 Å². The normalized spacial score (nSPS) is 11.1. The summed E-state index contributed by atoms with van der Waals surface area (Å²) < 4.78 is 11.3. The fourth-order valence-corrected chi connectivity index (χ4v) is 1.46. The second-order valence-corrected chi connectivity index (χ2v) is 3.17. The predicted octanol–water partition coefficient (Wildman–Crippen LogP) is 0.691. The number of benzene rings is 1. The third kappa shape index (κ3) is 1.67. The van der Waals surface area contributed by atoms with Crippen LogP contribution in [0, 0.1) is 0 Å². The van der Waals surface area contributed by atoms with Gasteiger partial charge in [-0.2, -0.15) is 0 Å². The minimum atomic E-state index is -0.457. The summed E-state index contributed by atoms with van der Waals surface area (Å²) >= 11 is 0. The first kappa shape index (κ1) is 9.95. The highest BCUT2D eigenvalue weighted by Crippen LogP contribution is 2.14. The molecule has 0 aliphatic carbocycles. The first-order chi connectivity index (χ1) is 7.26. The zero-order valence-corrected chi connectivity index (χ0v) is 8.27. The van der Waals surface area contributed by atoms with Crippen molar-refractivity contribution in [2.24, 2.45) is 0 Å². The molecular formula is C10H11NO4. The Morgan fingerprint density at radius 2 is 2.33 bits per heavy atom. The first-order valence-corrected chi connectivity index (χ1v) is 4.48. The number of ether oxygens (including phenoxy) is 1. The van der Waals surface area contributed by atoms with Crippen LogP contribution in [-0.2, 0) is 18.1 Å². The second kappa shape index (κ2) is 3.88. The highest BCUT2D eigenvalue weighted by Gasteiger charge is 2.08. The number of rotatable bonds is 3. The lowest BCUT2D eigenvalue weighted by atomic mass is 10.2. The first-order valence-electron chi connectivity index (χ1n) is 4.48. The topological polar surface area (TPSA) is 64.6 Å². The van der Waals surface area contributed by atoms with Gasteiger partial charge in [-0.05, 0) is 17.7 Å². The maximum absolute atomic E-state index is 11.4. The van der Waals surface area contributed by atoms with Gasteiger partial charge in [0.2, 0.25) is 0 Å². The number of aromatic nitrogens is 1. The zero-order valence-electron chi connectivity index (χ0n) is 8.27. The van der Waals surface area contributed by atoms with Gasteiger partial charge in [-0.1, -0.05) is 6.07 Å². The van der Waals surface area contributed by atoms with Gasteiger partial charge < -0.3 is 14.3 Å². The SMILES string of the molecule is COCn1c(=O)oc2cc(CO)ccc21. The van der Waals surface area contributed by atoms with Crippen molar-refractivity contribution in [3.05, 3.63) is 34.3 Å². The van der Waals surface area contributed by atoms with Crippen molar-refractivity contribution in [1.82, 2.24) is 4.57 Å². The van der Waals surface area contributed by atoms with Crippen molar-refractivity contribution >= 4 is 11.1 Å². The molecule has 0 bridgehead atoms. The number of aliphatic hydroxyl groups is 1. The fourth-order valence-electron chi connectivity index (χ4n) is 1.46. The van der Waals surface area contributed by atoms with Gasteiger partial charge in [0.05, 0.1) is 12.1 Å². The lowest BCUT2D eigenvalue weighted by Gasteiger charge is -1.99. The van der Waals surface area contributed by atoms with E-state index in [-0.39, 0.29) is 13.3 Å². The molecule has 0 unspecified atom stereocenters. The number of fused-ring (bicyclic) bond motifs is 1. The van der Waals surface area contributed by atoms with Crippen LogP contribution in [-0.4, -0.2) is 16.8 Å². The van der Waals surface area contributed by atoms with E-state index in [2.05, 4.69) is 0 Å². The molecule has 1 aromatic carbocycles. The molecule has 0 atom stereocenters. The van der Waals surface area contributed by atoms with Gasteiger partial charge >= 0.3 is 5.76 Å². The van der Waals surface area contributed by atoms with Gasteiger partial charge in [-0.15, -0.1) is 0 Å². The summed E-state index contributed by atoms with van der Waals surface area (Å²) in [6.07, 6.45) is 0. The quantitative estimate of drug-likeness (QED) is 0.807. The third-order valence-electron chi connectivity index (χ3n) is 2.17. The summed E-state index contributed by atoms with van der Waals surface area (Å²) in [6, 6.07) is 5.11. The van der Waals surface area contributed by atoms with Crippen molar-refractivity contribution in [3.8, 4) is 0 Å². The van der Waals surface area contributed by atoms with Crippen molar-refractivity contribution in [2.45, 2.75) is 13.3 Å². The molecule has 0 saturated carbocycles. The van der Waals surface area contributed by atoms with E-state index in [9.17, 15) is 4.79 Å². The molecule has 0 fully saturated rings. The lowest BCUT2D eigenvalue weighted by Crippen LogP contribution is -2.14. The molecule has 0 radical (unpaired) electrons. The second-order valence-electron chi connectivity index (χ2n) is 3.17. The molecule has 1 heterocycles. The van der Waals surface area contributed by atoms with Gasteiger partial charge in [0.25, 0.3) is 0 Å². The minimum absolute atomic E-state index is 0.0743. The summed E-state index contributed by atoms with van der Waals surface area (Å²) in [4.78, 5) is 11.4. The predicted molar refractivity (Wildman–Crippen MR) is 53.4 cm³/mol. The van der Waals surface area contributed by atoms with Crippen LogP contribution in [0.15, 0.2) is 27.4 Å². The van der Waals surface area contributed by atoms with Crippen molar-refractivity contribution in [3.63, 3.8) is 0 Å². The van der Waals surface area contributed by atoms with Crippen molar-refractivity contribution < 1.29 is 14.3 Å². The summed E-state index contributed by atoms with van der Waals surface area (Å²) in [5, 5.41) is 8.93. The van der Waals surface area contributed by atoms with E-state index in [1.54, 1.807) is 18.2 Å². The van der Waals surface area contributed by atoms with E-state index in [0.717, 1.165) is 0 Å². The van der Waals surface area contributed by atoms with Crippen LogP contribution in [0.25, 0.3) is 11.1 Å². The Hall–Kier alpha value is -1.59. The number of hydrogen-bond acceptors (Lipinski definition) is 4.